The number of ether oxygens (including phenoxy) is 4. The Morgan fingerprint density at radius 1 is 1.00 bits per heavy atom. The van der Waals surface area contributed by atoms with Crippen LogP contribution in [0.2, 0.25) is 5.02 Å². The fraction of sp³-hybridized carbons (Fsp3) is 0.265. The summed E-state index contributed by atoms with van der Waals surface area (Å²) < 4.78 is 40.2. The number of carbonyl (C=O) groups is 4. The van der Waals surface area contributed by atoms with Gasteiger partial charge in [0, 0.05) is 36.9 Å². The topological polar surface area (TPSA) is 213 Å². The van der Waals surface area contributed by atoms with E-state index in [0.29, 0.717) is 33.7 Å². The molecule has 5 N–H and O–H groups in total. The maximum Gasteiger partial charge on any atom is 0.414 e. The number of urea groups is 1. The summed E-state index contributed by atoms with van der Waals surface area (Å²) in [5.41, 5.74) is 1.34. The van der Waals surface area contributed by atoms with Gasteiger partial charge in [-0.25, -0.2) is 14.7 Å². The number of benzene rings is 3. The van der Waals surface area contributed by atoms with Gasteiger partial charge in [0.15, 0.2) is 0 Å². The summed E-state index contributed by atoms with van der Waals surface area (Å²) in [5, 5.41) is 20.0. The Morgan fingerprint density at radius 3 is 2.38 bits per heavy atom. The lowest BCUT2D eigenvalue weighted by Gasteiger charge is -2.22. The molecule has 1 fully saturated rings. The van der Waals surface area contributed by atoms with Crippen LogP contribution in [0.25, 0.3) is 10.9 Å². The van der Waals surface area contributed by atoms with Gasteiger partial charge in [-0.1, -0.05) is 23.7 Å². The van der Waals surface area contributed by atoms with Crippen molar-refractivity contribution in [1.82, 2.24) is 20.7 Å². The van der Waals surface area contributed by atoms with Crippen molar-refractivity contribution in [3.63, 3.8) is 0 Å². The molecular weight excluding hydrogens is 721 g/mol. The van der Waals surface area contributed by atoms with Crippen LogP contribution in [0.1, 0.15) is 35.7 Å². The summed E-state index contributed by atoms with van der Waals surface area (Å²) >= 11 is 6.41. The number of imide groups is 1. The third-order valence-electron chi connectivity index (χ3n) is 7.42. The van der Waals surface area contributed by atoms with Crippen molar-refractivity contribution in [1.29, 1.82) is 0 Å². The fourth-order valence-corrected chi connectivity index (χ4v) is 6.62. The highest BCUT2D eigenvalue weighted by atomic mass is 35.5. The van der Waals surface area contributed by atoms with Crippen molar-refractivity contribution in [2.75, 3.05) is 25.9 Å². The lowest BCUT2D eigenvalue weighted by molar-refractivity contribution is -0.138. The van der Waals surface area contributed by atoms with Gasteiger partial charge in [0.1, 0.15) is 42.0 Å². The summed E-state index contributed by atoms with van der Waals surface area (Å²) in [5.74, 6) is -1.07. The van der Waals surface area contributed by atoms with Crippen molar-refractivity contribution in [2.24, 2.45) is 0 Å². The second kappa shape index (κ2) is 16.7. The van der Waals surface area contributed by atoms with E-state index in [1.807, 2.05) is 0 Å². The van der Waals surface area contributed by atoms with Gasteiger partial charge in [0.25, 0.3) is 5.91 Å². The Kier molecular flexibility index (Phi) is 12.2. The van der Waals surface area contributed by atoms with E-state index in [4.69, 9.17) is 40.2 Å². The van der Waals surface area contributed by atoms with Crippen LogP contribution in [0.4, 0.5) is 15.3 Å². The maximum absolute atomic E-state index is 13.2. The number of halogens is 1. The molecule has 2 atom stereocenters. The Bertz CT molecular complexity index is 2030. The Hall–Kier alpha value is -5.41. The van der Waals surface area contributed by atoms with Crippen molar-refractivity contribution in [2.45, 2.75) is 38.5 Å². The minimum absolute atomic E-state index is 0.00290. The first kappa shape index (κ1) is 37.8. The SMILES string of the molecule is COCP(=O)(N[C@@H](C)C(=O)O)Oc1ccc(COC(=O)NC(=O)c2cc3c(Oc4ccc(NC(=O)NC5CC5)c(Cl)c4)ccnc3cc2OC)cc1. The Morgan fingerprint density at radius 2 is 1.73 bits per heavy atom. The van der Waals surface area contributed by atoms with Crippen LogP contribution in [-0.4, -0.2) is 66.7 Å². The standard InChI is InChI=1S/C34H35ClN5O11P/c1-19(32(42)43)40-52(46,18-47-2)51-22-8-4-20(5-9-22)17-49-34(45)39-31(41)25-15-24-28(16-30(25)48-3)36-13-12-29(24)50-23-10-11-27(26(35)14-23)38-33(44)37-21-6-7-21/h4-5,8-16,19,21H,6-7,17-18H2,1-3H3,(H,40,46)(H,42,43)(H2,37,38,44)(H,39,41,45)/t19-,52?/m0/s1. The van der Waals surface area contributed by atoms with Gasteiger partial charge in [-0.15, -0.1) is 0 Å². The monoisotopic (exact) mass is 755 g/mol. The first-order valence-electron chi connectivity index (χ1n) is 15.7. The Balaban J connectivity index is 1.22. The van der Waals surface area contributed by atoms with Crippen LogP contribution in [0.3, 0.4) is 0 Å². The molecule has 16 nitrogen and oxygen atoms in total. The molecule has 0 aliphatic heterocycles. The summed E-state index contributed by atoms with van der Waals surface area (Å²) in [6.07, 6.45) is 1.99. The highest BCUT2D eigenvalue weighted by Crippen LogP contribution is 2.43. The van der Waals surface area contributed by atoms with Crippen molar-refractivity contribution >= 4 is 59.7 Å². The van der Waals surface area contributed by atoms with Crippen LogP contribution < -0.4 is 35.0 Å². The van der Waals surface area contributed by atoms with E-state index in [1.165, 1.54) is 69.8 Å². The number of alkyl carbamates (subject to hydrolysis) is 1. The number of amides is 4. The fourth-order valence-electron chi connectivity index (χ4n) is 4.71. The minimum atomic E-state index is -3.72. The number of carboxylic acid groups (broad SMARTS) is 1. The zero-order valence-electron chi connectivity index (χ0n) is 28.1. The van der Waals surface area contributed by atoms with E-state index in [9.17, 15) is 23.7 Å². The summed E-state index contributed by atoms with van der Waals surface area (Å²) in [6.45, 7) is 1.09. The number of pyridine rings is 1. The molecule has 5 rings (SSSR count). The molecular formula is C34H35ClN5O11P. The molecule has 1 aliphatic carbocycles. The van der Waals surface area contributed by atoms with Gasteiger partial charge in [-0.3, -0.25) is 24.5 Å². The highest BCUT2D eigenvalue weighted by Gasteiger charge is 2.30. The van der Waals surface area contributed by atoms with Crippen LogP contribution in [0, 0.1) is 0 Å². The van der Waals surface area contributed by atoms with E-state index in [0.717, 1.165) is 12.8 Å². The Labute approximate surface area is 302 Å². The number of fused-ring (bicyclic) bond motifs is 1. The average Bonchev–Trinajstić information content (AvgIpc) is 3.92. The molecule has 1 unspecified atom stereocenters. The third-order valence-corrected chi connectivity index (χ3v) is 9.62. The summed E-state index contributed by atoms with van der Waals surface area (Å²) in [4.78, 5) is 53.5. The zero-order chi connectivity index (χ0) is 37.4. The minimum Gasteiger partial charge on any atom is -0.496 e. The molecule has 1 aliphatic rings. The van der Waals surface area contributed by atoms with Gasteiger partial charge in [0.2, 0.25) is 0 Å². The molecule has 1 saturated carbocycles. The molecule has 4 aromatic rings. The molecule has 0 spiro atoms. The number of carboxylic acids is 1. The van der Waals surface area contributed by atoms with Crippen LogP contribution in [-0.2, 0) is 25.4 Å². The lowest BCUT2D eigenvalue weighted by atomic mass is 10.1. The van der Waals surface area contributed by atoms with Gasteiger partial charge in [0.05, 0.1) is 28.9 Å². The molecule has 3 aromatic carbocycles. The number of rotatable bonds is 15. The third kappa shape index (κ3) is 10.1. The number of methoxy groups -OCH3 is 2. The molecule has 0 saturated heterocycles. The van der Waals surface area contributed by atoms with E-state index >= 15 is 0 Å². The highest BCUT2D eigenvalue weighted by molar-refractivity contribution is 7.57. The molecule has 52 heavy (non-hydrogen) atoms. The molecule has 1 heterocycles. The van der Waals surface area contributed by atoms with Gasteiger partial charge < -0.3 is 39.2 Å². The number of aromatic nitrogens is 1. The number of carbonyl (C=O) groups excluding carboxylic acids is 3. The van der Waals surface area contributed by atoms with Gasteiger partial charge in [-0.2, -0.15) is 0 Å². The number of nitrogens with zero attached hydrogens (tertiary/aromatic N) is 1. The van der Waals surface area contributed by atoms with E-state index in [-0.39, 0.29) is 47.1 Å². The van der Waals surface area contributed by atoms with Crippen molar-refractivity contribution in [3.8, 4) is 23.0 Å². The van der Waals surface area contributed by atoms with E-state index in [1.54, 1.807) is 18.2 Å². The predicted octanol–water partition coefficient (Wildman–Crippen LogP) is 6.28. The van der Waals surface area contributed by atoms with Crippen molar-refractivity contribution in [3.05, 3.63) is 83.0 Å². The average molecular weight is 756 g/mol. The number of aliphatic carboxylic acids is 1. The van der Waals surface area contributed by atoms with E-state index in [2.05, 4.69) is 26.0 Å². The van der Waals surface area contributed by atoms with Gasteiger partial charge >= 0.3 is 25.6 Å². The quantitative estimate of drug-likeness (QED) is 0.0847. The maximum atomic E-state index is 13.2. The predicted molar refractivity (Wildman–Crippen MR) is 189 cm³/mol. The first-order valence-corrected chi connectivity index (χ1v) is 17.9. The van der Waals surface area contributed by atoms with Crippen LogP contribution >= 0.6 is 19.1 Å². The summed E-state index contributed by atoms with van der Waals surface area (Å²) in [7, 11) is -1.06. The number of anilines is 1. The second-order valence-electron chi connectivity index (χ2n) is 11.5. The smallest absolute Gasteiger partial charge is 0.414 e. The number of hydrogen-bond donors (Lipinski definition) is 5. The van der Waals surface area contributed by atoms with E-state index < -0.39 is 31.5 Å². The lowest BCUT2D eigenvalue weighted by Crippen LogP contribution is -2.33. The molecule has 0 bridgehead atoms. The normalized spacial score (nSPS) is 14.0. The van der Waals surface area contributed by atoms with Crippen LogP contribution in [0.5, 0.6) is 23.0 Å². The number of nitrogens with one attached hydrogen (secondary N) is 4. The molecule has 18 heteroatoms. The molecule has 0 radical (unpaired) electrons. The largest absolute Gasteiger partial charge is 0.496 e. The molecule has 4 amide bonds. The van der Waals surface area contributed by atoms with Gasteiger partial charge in [-0.05, 0) is 61.7 Å². The van der Waals surface area contributed by atoms with Crippen molar-refractivity contribution < 1.29 is 52.3 Å². The molecule has 274 valence electrons. The number of hydrogen-bond acceptors (Lipinski definition) is 11. The summed E-state index contributed by atoms with van der Waals surface area (Å²) in [6, 6.07) is 14.0. The zero-order valence-corrected chi connectivity index (χ0v) is 29.8. The first-order chi connectivity index (χ1) is 24.9. The van der Waals surface area contributed by atoms with Crippen LogP contribution in [0.15, 0.2) is 66.9 Å². The second-order valence-corrected chi connectivity index (χ2v) is 14.0. The molecule has 1 aromatic heterocycles.